The number of piperazine rings is 1. The van der Waals surface area contributed by atoms with Crippen LogP contribution >= 0.6 is 0 Å². The van der Waals surface area contributed by atoms with Gasteiger partial charge in [-0.05, 0) is 48.1 Å². The zero-order valence-electron chi connectivity index (χ0n) is 25.3. The van der Waals surface area contributed by atoms with Gasteiger partial charge in [-0.1, -0.05) is 71.2 Å². The van der Waals surface area contributed by atoms with E-state index in [1.807, 2.05) is 49.9 Å². The summed E-state index contributed by atoms with van der Waals surface area (Å²) in [6.45, 7) is 18.9. The summed E-state index contributed by atoms with van der Waals surface area (Å²) in [5, 5.41) is 0.403. The number of fused-ring (bicyclic) bond motifs is 1. The Morgan fingerprint density at radius 1 is 1.07 bits per heavy atom. The number of anilines is 1. The molecule has 9 heteroatoms. The predicted octanol–water partition coefficient (Wildman–Crippen LogP) is 6.09. The molecule has 43 heavy (non-hydrogen) atoms. The van der Waals surface area contributed by atoms with E-state index in [9.17, 15) is 9.59 Å². The second-order valence-electron chi connectivity index (χ2n) is 11.5. The van der Waals surface area contributed by atoms with Gasteiger partial charge in [0.1, 0.15) is 17.3 Å². The van der Waals surface area contributed by atoms with Gasteiger partial charge in [0.05, 0.1) is 16.8 Å². The molecule has 0 unspecified atom stereocenters. The first-order valence-electron chi connectivity index (χ1n) is 14.6. The van der Waals surface area contributed by atoms with Gasteiger partial charge in [0.15, 0.2) is 5.65 Å². The minimum atomic E-state index is -0.539. The molecule has 1 atom stereocenters. The Morgan fingerprint density at radius 3 is 2.47 bits per heavy atom. The van der Waals surface area contributed by atoms with Crippen LogP contribution in [0.3, 0.4) is 0 Å². The highest BCUT2D eigenvalue weighted by Crippen LogP contribution is 2.35. The van der Waals surface area contributed by atoms with Gasteiger partial charge < -0.3 is 9.80 Å². The van der Waals surface area contributed by atoms with E-state index in [4.69, 9.17) is 4.98 Å². The van der Waals surface area contributed by atoms with Crippen LogP contribution in [-0.4, -0.2) is 56.0 Å². The summed E-state index contributed by atoms with van der Waals surface area (Å²) in [4.78, 5) is 44.3. The second-order valence-corrected chi connectivity index (χ2v) is 11.5. The van der Waals surface area contributed by atoms with Crippen molar-refractivity contribution >= 4 is 28.8 Å². The molecule has 1 aliphatic rings. The number of benzene rings is 1. The molecule has 222 valence electrons. The van der Waals surface area contributed by atoms with Crippen molar-refractivity contribution in [1.82, 2.24) is 24.4 Å². The Kier molecular flexibility index (Phi) is 8.26. The third-order valence-corrected chi connectivity index (χ3v) is 8.00. The van der Waals surface area contributed by atoms with Crippen LogP contribution in [0.4, 0.5) is 10.2 Å². The molecule has 1 aliphatic heterocycles. The predicted molar refractivity (Wildman–Crippen MR) is 170 cm³/mol. The molecule has 4 heterocycles. The van der Waals surface area contributed by atoms with Crippen molar-refractivity contribution in [2.24, 2.45) is 0 Å². The average Bonchev–Trinajstić information content (AvgIpc) is 2.99. The molecule has 0 N–H and O–H groups in total. The van der Waals surface area contributed by atoms with Crippen molar-refractivity contribution < 1.29 is 9.18 Å². The van der Waals surface area contributed by atoms with Gasteiger partial charge in [0.2, 0.25) is 5.91 Å². The number of rotatable bonds is 7. The lowest BCUT2D eigenvalue weighted by atomic mass is 9.97. The number of pyridine rings is 2. The van der Waals surface area contributed by atoms with Crippen LogP contribution in [0.2, 0.25) is 0 Å². The SMILES string of the molecule is C=CC(=O)N1CCN(c2nc(=O)n(-c3c(C(C)C)ccnc3C(C)C)c3nc(-c4ccccc4C=C)c(F)cc23)[C@@H](C)C1. The van der Waals surface area contributed by atoms with E-state index >= 15 is 4.39 Å². The Bertz CT molecular complexity index is 1770. The standard InChI is InChI=1S/C34H37FN6O2/c1-8-23-12-10-11-13-25(23)30-27(35)18-26-32(40-17-16-39(19-22(40)7)28(42)9-2)38-34(43)41(33(26)37-30)31-24(20(3)4)14-15-36-29(31)21(5)6/h8-15,18,20-22H,1-2,16-17,19H2,3-7H3/t22-/m0/s1. The van der Waals surface area contributed by atoms with E-state index in [2.05, 4.69) is 37.0 Å². The summed E-state index contributed by atoms with van der Waals surface area (Å²) >= 11 is 0. The van der Waals surface area contributed by atoms with Crippen LogP contribution in [0.1, 0.15) is 63.3 Å². The lowest BCUT2D eigenvalue weighted by Crippen LogP contribution is -2.54. The molecular weight excluding hydrogens is 543 g/mol. The maximum Gasteiger partial charge on any atom is 0.355 e. The van der Waals surface area contributed by atoms with Crippen molar-refractivity contribution in [2.45, 2.75) is 52.5 Å². The van der Waals surface area contributed by atoms with E-state index in [-0.39, 0.29) is 29.5 Å². The van der Waals surface area contributed by atoms with Gasteiger partial charge in [-0.25, -0.2) is 18.7 Å². The fourth-order valence-corrected chi connectivity index (χ4v) is 5.83. The quantitative estimate of drug-likeness (QED) is 0.246. The Morgan fingerprint density at radius 2 is 1.81 bits per heavy atom. The molecule has 5 rings (SSSR count). The van der Waals surface area contributed by atoms with Crippen LogP contribution < -0.4 is 10.6 Å². The summed E-state index contributed by atoms with van der Waals surface area (Å²) in [6, 6.07) is 10.5. The van der Waals surface area contributed by atoms with Crippen molar-refractivity contribution in [3.8, 4) is 16.9 Å². The normalized spacial score (nSPS) is 15.4. The molecule has 0 aliphatic carbocycles. The Balaban J connectivity index is 1.86. The first kappa shape index (κ1) is 29.8. The number of hydrogen-bond donors (Lipinski definition) is 0. The summed E-state index contributed by atoms with van der Waals surface area (Å²) < 4.78 is 17.6. The molecule has 0 spiro atoms. The number of hydrogen-bond acceptors (Lipinski definition) is 6. The summed E-state index contributed by atoms with van der Waals surface area (Å²) in [5.41, 5.74) is 3.44. The Hall–Kier alpha value is -4.66. The highest BCUT2D eigenvalue weighted by molar-refractivity contribution is 5.92. The van der Waals surface area contributed by atoms with Gasteiger partial charge in [-0.15, -0.1) is 0 Å². The van der Waals surface area contributed by atoms with E-state index in [0.717, 1.165) is 16.8 Å². The van der Waals surface area contributed by atoms with Crippen LogP contribution in [0.25, 0.3) is 34.1 Å². The molecule has 1 saturated heterocycles. The lowest BCUT2D eigenvalue weighted by molar-refractivity contribution is -0.126. The third-order valence-electron chi connectivity index (χ3n) is 8.00. The van der Waals surface area contributed by atoms with E-state index in [1.165, 1.54) is 16.7 Å². The number of amides is 1. The van der Waals surface area contributed by atoms with Gasteiger partial charge >= 0.3 is 5.69 Å². The minimum Gasteiger partial charge on any atom is -0.350 e. The van der Waals surface area contributed by atoms with Crippen LogP contribution in [-0.2, 0) is 4.79 Å². The third kappa shape index (κ3) is 5.35. The zero-order chi connectivity index (χ0) is 31.0. The molecule has 0 radical (unpaired) electrons. The molecule has 1 amide bonds. The lowest BCUT2D eigenvalue weighted by Gasteiger charge is -2.40. The number of aromatic nitrogens is 4. The highest BCUT2D eigenvalue weighted by atomic mass is 19.1. The monoisotopic (exact) mass is 580 g/mol. The number of halogens is 1. The van der Waals surface area contributed by atoms with Crippen molar-refractivity contribution in [3.63, 3.8) is 0 Å². The van der Waals surface area contributed by atoms with Crippen molar-refractivity contribution in [2.75, 3.05) is 24.5 Å². The maximum atomic E-state index is 16.1. The van der Waals surface area contributed by atoms with Crippen LogP contribution in [0.15, 0.2) is 66.6 Å². The van der Waals surface area contributed by atoms with E-state index < -0.39 is 11.5 Å². The number of carbonyl (C=O) groups excluding carboxylic acids is 1. The molecule has 8 nitrogen and oxygen atoms in total. The van der Waals surface area contributed by atoms with Crippen molar-refractivity contribution in [1.29, 1.82) is 0 Å². The molecule has 1 aromatic carbocycles. The van der Waals surface area contributed by atoms with E-state index in [0.29, 0.717) is 47.7 Å². The zero-order valence-corrected chi connectivity index (χ0v) is 25.3. The molecular formula is C34H37FN6O2. The summed E-state index contributed by atoms with van der Waals surface area (Å²) in [7, 11) is 0. The first-order chi connectivity index (χ1) is 20.6. The largest absolute Gasteiger partial charge is 0.355 e. The molecule has 4 aromatic rings. The molecule has 0 saturated carbocycles. The summed E-state index contributed by atoms with van der Waals surface area (Å²) in [5.74, 6) is -0.300. The number of nitrogens with zero attached hydrogens (tertiary/aromatic N) is 6. The smallest absolute Gasteiger partial charge is 0.350 e. The number of carbonyl (C=O) groups is 1. The topological polar surface area (TPSA) is 84.2 Å². The fourth-order valence-electron chi connectivity index (χ4n) is 5.83. The second kappa shape index (κ2) is 11.9. The van der Waals surface area contributed by atoms with Crippen LogP contribution in [0.5, 0.6) is 0 Å². The fraction of sp³-hybridized carbons (Fsp3) is 0.324. The molecule has 1 fully saturated rings. The maximum absolute atomic E-state index is 16.1. The minimum absolute atomic E-state index is 0.00719. The summed E-state index contributed by atoms with van der Waals surface area (Å²) in [6.07, 6.45) is 4.71. The molecule has 0 bridgehead atoms. The van der Waals surface area contributed by atoms with Crippen LogP contribution in [0, 0.1) is 5.82 Å². The molecule has 3 aromatic heterocycles. The van der Waals surface area contributed by atoms with Crippen molar-refractivity contribution in [3.05, 3.63) is 95.0 Å². The van der Waals surface area contributed by atoms with Gasteiger partial charge in [0.25, 0.3) is 0 Å². The Labute approximate surface area is 251 Å². The van der Waals surface area contributed by atoms with Gasteiger partial charge in [0, 0.05) is 37.4 Å². The first-order valence-corrected chi connectivity index (χ1v) is 14.6. The van der Waals surface area contributed by atoms with Gasteiger partial charge in [-0.2, -0.15) is 4.98 Å². The van der Waals surface area contributed by atoms with E-state index in [1.54, 1.807) is 23.2 Å². The highest BCUT2D eigenvalue weighted by Gasteiger charge is 2.31. The van der Waals surface area contributed by atoms with Gasteiger partial charge in [-0.3, -0.25) is 9.78 Å². The average molecular weight is 581 g/mol.